The predicted molar refractivity (Wildman–Crippen MR) is 66.4 cm³/mol. The minimum absolute atomic E-state index is 0.0213. The van der Waals surface area contributed by atoms with Crippen molar-refractivity contribution < 1.29 is 14.3 Å². The standard InChI is InChI=1S/C14H18O3/c1-4-12-8-11(5-6-14(12)17-3)9-13(16)7-10(2)15/h5-6,8H,4,7,9H2,1-3H3. The van der Waals surface area contributed by atoms with Crippen molar-refractivity contribution in [2.24, 2.45) is 0 Å². The van der Waals surface area contributed by atoms with Crippen molar-refractivity contribution in [1.82, 2.24) is 0 Å². The lowest BCUT2D eigenvalue weighted by molar-refractivity contribution is -0.125. The van der Waals surface area contributed by atoms with Crippen LogP contribution in [0.2, 0.25) is 0 Å². The van der Waals surface area contributed by atoms with Gasteiger partial charge < -0.3 is 4.74 Å². The summed E-state index contributed by atoms with van der Waals surface area (Å²) in [7, 11) is 1.63. The molecule has 3 nitrogen and oxygen atoms in total. The third kappa shape index (κ3) is 4.02. The van der Waals surface area contributed by atoms with Gasteiger partial charge in [-0.1, -0.05) is 19.1 Å². The summed E-state index contributed by atoms with van der Waals surface area (Å²) in [6.07, 6.45) is 1.20. The molecule has 0 saturated carbocycles. The fraction of sp³-hybridized carbons (Fsp3) is 0.429. The molecule has 92 valence electrons. The molecule has 0 fully saturated rings. The lowest BCUT2D eigenvalue weighted by Gasteiger charge is -2.08. The molecule has 1 rings (SSSR count). The second kappa shape index (κ2) is 6.18. The first kappa shape index (κ1) is 13.4. The first-order chi connectivity index (χ1) is 8.06. The molecule has 0 bridgehead atoms. The van der Waals surface area contributed by atoms with E-state index in [1.54, 1.807) is 7.11 Å². The van der Waals surface area contributed by atoms with Gasteiger partial charge in [0.15, 0.2) is 0 Å². The van der Waals surface area contributed by atoms with Crippen molar-refractivity contribution in [3.05, 3.63) is 29.3 Å². The Bertz CT molecular complexity index is 421. The van der Waals surface area contributed by atoms with Crippen LogP contribution in [0, 0.1) is 0 Å². The minimum atomic E-state index is -0.0840. The van der Waals surface area contributed by atoms with Gasteiger partial charge in [0, 0.05) is 6.42 Å². The number of ketones is 2. The molecule has 1 aromatic carbocycles. The van der Waals surface area contributed by atoms with Crippen molar-refractivity contribution >= 4 is 11.6 Å². The van der Waals surface area contributed by atoms with Crippen LogP contribution in [0.1, 0.15) is 31.4 Å². The summed E-state index contributed by atoms with van der Waals surface area (Å²) in [5.74, 6) is 0.721. The quantitative estimate of drug-likeness (QED) is 0.710. The second-order valence-electron chi connectivity index (χ2n) is 4.09. The molecule has 0 aliphatic rings. The maximum absolute atomic E-state index is 11.5. The van der Waals surface area contributed by atoms with Crippen LogP contribution >= 0.6 is 0 Å². The number of carbonyl (C=O) groups excluding carboxylic acids is 2. The molecule has 0 atom stereocenters. The molecule has 0 amide bonds. The van der Waals surface area contributed by atoms with Crippen molar-refractivity contribution in [3.8, 4) is 5.75 Å². The Morgan fingerprint density at radius 2 is 2.00 bits per heavy atom. The van der Waals surface area contributed by atoms with E-state index in [-0.39, 0.29) is 18.0 Å². The van der Waals surface area contributed by atoms with E-state index >= 15 is 0 Å². The van der Waals surface area contributed by atoms with Gasteiger partial charge in [0.2, 0.25) is 0 Å². The minimum Gasteiger partial charge on any atom is -0.496 e. The molecule has 17 heavy (non-hydrogen) atoms. The highest BCUT2D eigenvalue weighted by Gasteiger charge is 2.08. The van der Waals surface area contributed by atoms with Crippen LogP contribution < -0.4 is 4.74 Å². The van der Waals surface area contributed by atoms with Crippen LogP contribution in [0.25, 0.3) is 0 Å². The van der Waals surface area contributed by atoms with Gasteiger partial charge in [0.25, 0.3) is 0 Å². The second-order valence-corrected chi connectivity index (χ2v) is 4.09. The highest BCUT2D eigenvalue weighted by molar-refractivity contribution is 5.98. The smallest absolute Gasteiger partial charge is 0.144 e. The van der Waals surface area contributed by atoms with Crippen LogP contribution in [0.5, 0.6) is 5.75 Å². The Balaban J connectivity index is 2.79. The van der Waals surface area contributed by atoms with Crippen LogP contribution in [-0.2, 0) is 22.4 Å². The molecule has 0 radical (unpaired) electrons. The fourth-order valence-electron chi connectivity index (χ4n) is 1.79. The lowest BCUT2D eigenvalue weighted by atomic mass is 10.0. The number of ether oxygens (including phenoxy) is 1. The normalized spacial score (nSPS) is 10.1. The van der Waals surface area contributed by atoms with Gasteiger partial charge in [-0.2, -0.15) is 0 Å². The molecular weight excluding hydrogens is 216 g/mol. The maximum Gasteiger partial charge on any atom is 0.144 e. The van der Waals surface area contributed by atoms with E-state index in [1.165, 1.54) is 6.92 Å². The Labute approximate surface area is 102 Å². The van der Waals surface area contributed by atoms with Gasteiger partial charge in [-0.25, -0.2) is 0 Å². The maximum atomic E-state index is 11.5. The summed E-state index contributed by atoms with van der Waals surface area (Å²) >= 11 is 0. The predicted octanol–water partition coefficient (Wildman–Crippen LogP) is 2.35. The Morgan fingerprint density at radius 3 is 2.53 bits per heavy atom. The first-order valence-electron chi connectivity index (χ1n) is 5.73. The largest absolute Gasteiger partial charge is 0.496 e. The number of benzene rings is 1. The van der Waals surface area contributed by atoms with Crippen molar-refractivity contribution in [3.63, 3.8) is 0 Å². The number of methoxy groups -OCH3 is 1. The van der Waals surface area contributed by atoms with E-state index in [2.05, 4.69) is 0 Å². The summed E-state index contributed by atoms with van der Waals surface area (Å²) in [6, 6.07) is 5.71. The number of hydrogen-bond donors (Lipinski definition) is 0. The third-order valence-electron chi connectivity index (χ3n) is 2.57. The van der Waals surface area contributed by atoms with Crippen molar-refractivity contribution in [2.45, 2.75) is 33.1 Å². The zero-order valence-electron chi connectivity index (χ0n) is 10.6. The van der Waals surface area contributed by atoms with Gasteiger partial charge in [0.1, 0.15) is 17.3 Å². The Morgan fingerprint density at radius 1 is 1.29 bits per heavy atom. The van der Waals surface area contributed by atoms with Gasteiger partial charge in [-0.05, 0) is 30.5 Å². The molecule has 0 heterocycles. The third-order valence-corrected chi connectivity index (χ3v) is 2.57. The number of rotatable bonds is 6. The topological polar surface area (TPSA) is 43.4 Å². The van der Waals surface area contributed by atoms with E-state index in [4.69, 9.17) is 4.74 Å². The van der Waals surface area contributed by atoms with E-state index in [0.717, 1.165) is 23.3 Å². The average Bonchev–Trinajstić information content (AvgIpc) is 2.27. The molecule has 1 aromatic rings. The SMILES string of the molecule is CCc1cc(CC(=O)CC(C)=O)ccc1OC. The molecule has 0 spiro atoms. The number of hydrogen-bond acceptors (Lipinski definition) is 3. The zero-order valence-corrected chi connectivity index (χ0v) is 10.6. The summed E-state index contributed by atoms with van der Waals surface area (Å²) < 4.78 is 5.22. The Kier molecular flexibility index (Phi) is 4.88. The van der Waals surface area contributed by atoms with Crippen molar-refractivity contribution in [1.29, 1.82) is 0 Å². The van der Waals surface area contributed by atoms with Gasteiger partial charge in [-0.3, -0.25) is 9.59 Å². The van der Waals surface area contributed by atoms with E-state index in [1.807, 2.05) is 25.1 Å². The van der Waals surface area contributed by atoms with E-state index in [9.17, 15) is 9.59 Å². The summed E-state index contributed by atoms with van der Waals surface area (Å²) in [4.78, 5) is 22.4. The van der Waals surface area contributed by atoms with Crippen LogP contribution in [0.3, 0.4) is 0 Å². The summed E-state index contributed by atoms with van der Waals surface area (Å²) in [5.41, 5.74) is 2.02. The molecular formula is C14H18O3. The number of carbonyl (C=O) groups is 2. The first-order valence-corrected chi connectivity index (χ1v) is 5.73. The van der Waals surface area contributed by atoms with Crippen LogP contribution in [0.4, 0.5) is 0 Å². The molecule has 0 aliphatic heterocycles. The molecule has 0 aliphatic carbocycles. The summed E-state index contributed by atoms with van der Waals surface area (Å²) in [5, 5.41) is 0. The zero-order chi connectivity index (χ0) is 12.8. The van der Waals surface area contributed by atoms with Gasteiger partial charge in [0.05, 0.1) is 13.5 Å². The van der Waals surface area contributed by atoms with Gasteiger partial charge >= 0.3 is 0 Å². The molecule has 0 N–H and O–H groups in total. The molecule has 3 heteroatoms. The highest BCUT2D eigenvalue weighted by Crippen LogP contribution is 2.20. The van der Waals surface area contributed by atoms with E-state index in [0.29, 0.717) is 6.42 Å². The lowest BCUT2D eigenvalue weighted by Crippen LogP contribution is -2.07. The molecule has 0 aromatic heterocycles. The molecule has 0 saturated heterocycles. The van der Waals surface area contributed by atoms with E-state index < -0.39 is 0 Å². The number of Topliss-reactive ketones (excluding diaryl/α,β-unsaturated/α-hetero) is 2. The van der Waals surface area contributed by atoms with Crippen LogP contribution in [0.15, 0.2) is 18.2 Å². The fourth-order valence-corrected chi connectivity index (χ4v) is 1.79. The average molecular weight is 234 g/mol. The van der Waals surface area contributed by atoms with Crippen molar-refractivity contribution in [2.75, 3.05) is 7.11 Å². The number of aryl methyl sites for hydroxylation is 1. The highest BCUT2D eigenvalue weighted by atomic mass is 16.5. The van der Waals surface area contributed by atoms with Crippen LogP contribution in [-0.4, -0.2) is 18.7 Å². The monoisotopic (exact) mass is 234 g/mol. The Hall–Kier alpha value is -1.64. The van der Waals surface area contributed by atoms with Gasteiger partial charge in [-0.15, -0.1) is 0 Å². The summed E-state index contributed by atoms with van der Waals surface area (Å²) in [6.45, 7) is 3.47. The molecule has 0 unspecified atom stereocenters.